The normalized spacial score (nSPS) is 24.2. The van der Waals surface area contributed by atoms with Crippen LogP contribution in [0.15, 0.2) is 0 Å². The molecule has 1 heterocycles. The van der Waals surface area contributed by atoms with Crippen molar-refractivity contribution in [3.63, 3.8) is 0 Å². The first-order chi connectivity index (χ1) is 5.43. The lowest BCUT2D eigenvalue weighted by atomic mass is 9.98. The van der Waals surface area contributed by atoms with E-state index in [1.54, 1.807) is 0 Å². The first kappa shape index (κ1) is 12.7. The molecule has 1 saturated heterocycles. The summed E-state index contributed by atoms with van der Waals surface area (Å²) in [4.78, 5) is 13.4. The number of amides is 1. The highest BCUT2D eigenvalue weighted by molar-refractivity contribution is 5.85. The van der Waals surface area contributed by atoms with Gasteiger partial charge in [-0.2, -0.15) is 0 Å². The minimum absolute atomic E-state index is 0. The summed E-state index contributed by atoms with van der Waals surface area (Å²) in [6, 6.07) is -0.266. The van der Waals surface area contributed by atoms with E-state index in [0.29, 0.717) is 0 Å². The van der Waals surface area contributed by atoms with Gasteiger partial charge in [-0.25, -0.2) is 0 Å². The molecule has 0 bridgehead atoms. The molecule has 1 atom stereocenters. The SMILES string of the molecule is CC(C)(C)N1CCCC(N)C1=O.Cl. The first-order valence-corrected chi connectivity index (χ1v) is 4.50. The average molecular weight is 207 g/mol. The van der Waals surface area contributed by atoms with Gasteiger partial charge in [-0.3, -0.25) is 4.79 Å². The van der Waals surface area contributed by atoms with Crippen LogP contribution in [0.1, 0.15) is 33.6 Å². The Hall–Kier alpha value is -0.280. The molecular weight excluding hydrogens is 188 g/mol. The zero-order valence-electron chi connectivity index (χ0n) is 8.54. The lowest BCUT2D eigenvalue weighted by Crippen LogP contribution is -2.55. The zero-order chi connectivity index (χ0) is 9.35. The zero-order valence-corrected chi connectivity index (χ0v) is 9.36. The quantitative estimate of drug-likeness (QED) is 0.647. The van der Waals surface area contributed by atoms with Crippen LogP contribution in [-0.2, 0) is 4.79 Å². The Morgan fingerprint density at radius 2 is 2.00 bits per heavy atom. The number of carbonyl (C=O) groups excluding carboxylic acids is 1. The van der Waals surface area contributed by atoms with Gasteiger partial charge in [0.1, 0.15) is 0 Å². The van der Waals surface area contributed by atoms with E-state index in [1.807, 2.05) is 25.7 Å². The van der Waals surface area contributed by atoms with Gasteiger partial charge in [-0.1, -0.05) is 0 Å². The molecule has 1 fully saturated rings. The lowest BCUT2D eigenvalue weighted by Gasteiger charge is -2.40. The molecule has 2 N–H and O–H groups in total. The topological polar surface area (TPSA) is 46.3 Å². The van der Waals surface area contributed by atoms with Gasteiger partial charge in [0.05, 0.1) is 6.04 Å². The summed E-state index contributed by atoms with van der Waals surface area (Å²) in [5.41, 5.74) is 5.60. The Morgan fingerprint density at radius 3 is 2.38 bits per heavy atom. The van der Waals surface area contributed by atoms with E-state index in [4.69, 9.17) is 5.73 Å². The number of carbonyl (C=O) groups is 1. The maximum atomic E-state index is 11.6. The van der Waals surface area contributed by atoms with Crippen LogP contribution >= 0.6 is 12.4 Å². The van der Waals surface area contributed by atoms with Crippen LogP contribution in [0.2, 0.25) is 0 Å². The van der Waals surface area contributed by atoms with Crippen molar-refractivity contribution in [2.75, 3.05) is 6.54 Å². The van der Waals surface area contributed by atoms with Gasteiger partial charge in [-0.05, 0) is 33.6 Å². The van der Waals surface area contributed by atoms with Gasteiger partial charge in [0.2, 0.25) is 5.91 Å². The van der Waals surface area contributed by atoms with E-state index < -0.39 is 0 Å². The minimum atomic E-state index is -0.266. The Labute approximate surface area is 86.1 Å². The fourth-order valence-electron chi connectivity index (χ4n) is 1.57. The number of halogens is 1. The summed E-state index contributed by atoms with van der Waals surface area (Å²) in [6.45, 7) is 6.99. The van der Waals surface area contributed by atoms with Crippen LogP contribution in [0.3, 0.4) is 0 Å². The molecule has 78 valence electrons. The molecule has 3 nitrogen and oxygen atoms in total. The van der Waals surface area contributed by atoms with Crippen LogP contribution < -0.4 is 5.73 Å². The van der Waals surface area contributed by atoms with Crippen molar-refractivity contribution < 1.29 is 4.79 Å². The molecular formula is C9H19ClN2O. The predicted molar refractivity (Wildman–Crippen MR) is 55.9 cm³/mol. The van der Waals surface area contributed by atoms with Crippen molar-refractivity contribution in [2.24, 2.45) is 5.73 Å². The summed E-state index contributed by atoms with van der Waals surface area (Å²) < 4.78 is 0. The Bertz CT molecular complexity index is 189. The fourth-order valence-corrected chi connectivity index (χ4v) is 1.57. The summed E-state index contributed by atoms with van der Waals surface area (Å²) in [7, 11) is 0. The molecule has 1 aliphatic rings. The number of rotatable bonds is 0. The van der Waals surface area contributed by atoms with Gasteiger partial charge in [-0.15, -0.1) is 12.4 Å². The molecule has 1 amide bonds. The molecule has 0 aliphatic carbocycles. The maximum Gasteiger partial charge on any atom is 0.239 e. The Morgan fingerprint density at radius 1 is 1.46 bits per heavy atom. The Kier molecular flexibility index (Phi) is 4.20. The van der Waals surface area contributed by atoms with Crippen molar-refractivity contribution in [1.82, 2.24) is 4.90 Å². The molecule has 0 radical (unpaired) electrons. The second-order valence-electron chi connectivity index (χ2n) is 4.41. The molecule has 0 spiro atoms. The summed E-state index contributed by atoms with van der Waals surface area (Å²) in [5.74, 6) is 0.105. The standard InChI is InChI=1S/C9H18N2O.ClH/c1-9(2,3)11-6-4-5-7(10)8(11)12;/h7H,4-6,10H2,1-3H3;1H. The minimum Gasteiger partial charge on any atom is -0.337 e. The third-order valence-electron chi connectivity index (χ3n) is 2.29. The van der Waals surface area contributed by atoms with Gasteiger partial charge in [0.25, 0.3) is 0 Å². The second kappa shape index (κ2) is 4.29. The van der Waals surface area contributed by atoms with E-state index in [9.17, 15) is 4.79 Å². The van der Waals surface area contributed by atoms with Crippen LogP contribution in [0.5, 0.6) is 0 Å². The highest BCUT2D eigenvalue weighted by atomic mass is 35.5. The van der Waals surface area contributed by atoms with E-state index in [2.05, 4.69) is 0 Å². The highest BCUT2D eigenvalue weighted by Gasteiger charge is 2.32. The van der Waals surface area contributed by atoms with Crippen LogP contribution in [0.25, 0.3) is 0 Å². The molecule has 13 heavy (non-hydrogen) atoms. The summed E-state index contributed by atoms with van der Waals surface area (Å²) in [6.07, 6.45) is 1.87. The lowest BCUT2D eigenvalue weighted by molar-refractivity contribution is -0.140. The van der Waals surface area contributed by atoms with Gasteiger partial charge < -0.3 is 10.6 Å². The smallest absolute Gasteiger partial charge is 0.239 e. The molecule has 0 aromatic rings. The molecule has 1 rings (SSSR count). The molecule has 0 aromatic carbocycles. The highest BCUT2D eigenvalue weighted by Crippen LogP contribution is 2.20. The first-order valence-electron chi connectivity index (χ1n) is 4.50. The van der Waals surface area contributed by atoms with Crippen molar-refractivity contribution in [3.05, 3.63) is 0 Å². The largest absolute Gasteiger partial charge is 0.337 e. The van der Waals surface area contributed by atoms with Crippen LogP contribution in [0.4, 0.5) is 0 Å². The second-order valence-corrected chi connectivity index (χ2v) is 4.41. The molecule has 0 saturated carbocycles. The monoisotopic (exact) mass is 206 g/mol. The Balaban J connectivity index is 0.00000144. The van der Waals surface area contributed by atoms with Crippen molar-refractivity contribution in [1.29, 1.82) is 0 Å². The van der Waals surface area contributed by atoms with E-state index in [0.717, 1.165) is 19.4 Å². The van der Waals surface area contributed by atoms with E-state index in [-0.39, 0.29) is 29.9 Å². The number of nitrogens with two attached hydrogens (primary N) is 1. The fraction of sp³-hybridized carbons (Fsp3) is 0.889. The average Bonchev–Trinajstić information content (AvgIpc) is 1.92. The van der Waals surface area contributed by atoms with Crippen molar-refractivity contribution >= 4 is 18.3 Å². The van der Waals surface area contributed by atoms with E-state index >= 15 is 0 Å². The third kappa shape index (κ3) is 2.85. The third-order valence-corrected chi connectivity index (χ3v) is 2.29. The number of nitrogens with zero attached hydrogens (tertiary/aromatic N) is 1. The predicted octanol–water partition coefficient (Wildman–Crippen LogP) is 1.16. The van der Waals surface area contributed by atoms with E-state index in [1.165, 1.54) is 0 Å². The number of hydrogen-bond acceptors (Lipinski definition) is 2. The number of hydrogen-bond donors (Lipinski definition) is 1. The van der Waals surface area contributed by atoms with Crippen LogP contribution in [0, 0.1) is 0 Å². The van der Waals surface area contributed by atoms with Crippen molar-refractivity contribution in [2.45, 2.75) is 45.2 Å². The number of piperidine rings is 1. The summed E-state index contributed by atoms with van der Waals surface area (Å²) >= 11 is 0. The van der Waals surface area contributed by atoms with Gasteiger partial charge >= 0.3 is 0 Å². The molecule has 4 heteroatoms. The molecule has 1 aliphatic heterocycles. The molecule has 0 aromatic heterocycles. The summed E-state index contributed by atoms with van der Waals surface area (Å²) in [5, 5.41) is 0. The van der Waals surface area contributed by atoms with Gasteiger partial charge in [0.15, 0.2) is 0 Å². The molecule has 1 unspecified atom stereocenters. The number of likely N-dealkylation sites (tertiary alicyclic amines) is 1. The van der Waals surface area contributed by atoms with Crippen molar-refractivity contribution in [3.8, 4) is 0 Å². The van der Waals surface area contributed by atoms with Crippen LogP contribution in [-0.4, -0.2) is 28.9 Å². The van der Waals surface area contributed by atoms with Gasteiger partial charge in [0, 0.05) is 12.1 Å². The maximum absolute atomic E-state index is 11.6.